The molecule has 1 heterocycles. The zero-order chi connectivity index (χ0) is 20.1. The summed E-state index contributed by atoms with van der Waals surface area (Å²) in [6.07, 6.45) is -1.03. The quantitative estimate of drug-likeness (QED) is 0.573. The molecule has 1 amide bonds. The molecular weight excluding hydrogens is 348 g/mol. The molecule has 0 bridgehead atoms. The lowest BCUT2D eigenvalue weighted by atomic mass is 10.1. The van der Waals surface area contributed by atoms with Crippen LogP contribution in [0, 0.1) is 13.8 Å². The van der Waals surface area contributed by atoms with Crippen LogP contribution in [0.25, 0.3) is 0 Å². The van der Waals surface area contributed by atoms with Crippen molar-refractivity contribution < 1.29 is 23.9 Å². The molecule has 0 saturated heterocycles. The third kappa shape index (κ3) is 4.55. The summed E-state index contributed by atoms with van der Waals surface area (Å²) < 4.78 is 10.7. The predicted octanol–water partition coefficient (Wildman–Crippen LogP) is 3.42. The molecule has 2 N–H and O–H groups in total. The monoisotopic (exact) mass is 372 g/mol. The first-order valence-electron chi connectivity index (χ1n) is 8.70. The highest BCUT2D eigenvalue weighted by Crippen LogP contribution is 2.24. The van der Waals surface area contributed by atoms with Gasteiger partial charge in [0.15, 0.2) is 11.9 Å². The van der Waals surface area contributed by atoms with Gasteiger partial charge < -0.3 is 19.8 Å². The zero-order valence-electron chi connectivity index (χ0n) is 16.1. The lowest BCUT2D eigenvalue weighted by Crippen LogP contribution is -2.30. The van der Waals surface area contributed by atoms with Gasteiger partial charge in [-0.3, -0.25) is 9.59 Å². The summed E-state index contributed by atoms with van der Waals surface area (Å²) in [4.78, 5) is 39.4. The lowest BCUT2D eigenvalue weighted by molar-refractivity contribution is -0.123. The molecule has 1 aromatic heterocycles. The van der Waals surface area contributed by atoms with Crippen molar-refractivity contribution in [1.29, 1.82) is 0 Å². The largest absolute Gasteiger partial charge is 0.492 e. The molecule has 2 rings (SSSR count). The van der Waals surface area contributed by atoms with Crippen LogP contribution in [0.1, 0.15) is 52.9 Å². The van der Waals surface area contributed by atoms with Gasteiger partial charge in [-0.2, -0.15) is 0 Å². The smallest absolute Gasteiger partial charge is 0.355 e. The molecule has 0 radical (unpaired) electrons. The van der Waals surface area contributed by atoms with E-state index in [1.54, 1.807) is 38.1 Å². The number of aromatic nitrogens is 1. The second kappa shape index (κ2) is 8.53. The predicted molar refractivity (Wildman–Crippen MR) is 101 cm³/mol. The Morgan fingerprint density at radius 1 is 1.19 bits per heavy atom. The topological polar surface area (TPSA) is 97.5 Å². The van der Waals surface area contributed by atoms with Gasteiger partial charge >= 0.3 is 5.97 Å². The van der Waals surface area contributed by atoms with Crippen LogP contribution in [-0.2, 0) is 9.53 Å². The van der Waals surface area contributed by atoms with Crippen LogP contribution in [0.5, 0.6) is 5.75 Å². The van der Waals surface area contributed by atoms with Crippen LogP contribution in [-0.4, -0.2) is 35.4 Å². The highest BCUT2D eigenvalue weighted by atomic mass is 16.5. The lowest BCUT2D eigenvalue weighted by Gasteiger charge is -2.15. The minimum Gasteiger partial charge on any atom is -0.492 e. The van der Waals surface area contributed by atoms with Gasteiger partial charge in [0.05, 0.1) is 12.3 Å². The zero-order valence-corrected chi connectivity index (χ0v) is 16.1. The van der Waals surface area contributed by atoms with E-state index in [1.165, 1.54) is 13.8 Å². The number of rotatable bonds is 7. The van der Waals surface area contributed by atoms with Gasteiger partial charge in [-0.1, -0.05) is 12.1 Å². The maximum absolute atomic E-state index is 12.4. The van der Waals surface area contributed by atoms with Crippen LogP contribution in [0.2, 0.25) is 0 Å². The van der Waals surface area contributed by atoms with Gasteiger partial charge in [0, 0.05) is 11.3 Å². The maximum Gasteiger partial charge on any atom is 0.355 e. The van der Waals surface area contributed by atoms with Crippen molar-refractivity contribution in [2.75, 3.05) is 11.9 Å². The molecule has 1 atom stereocenters. The summed E-state index contributed by atoms with van der Waals surface area (Å²) in [7, 11) is 0. The highest BCUT2D eigenvalue weighted by molar-refractivity contribution is 6.02. The van der Waals surface area contributed by atoms with Crippen LogP contribution < -0.4 is 10.1 Å². The van der Waals surface area contributed by atoms with Crippen molar-refractivity contribution in [3.8, 4) is 5.75 Å². The summed E-state index contributed by atoms with van der Waals surface area (Å²) in [5.74, 6) is -0.778. The van der Waals surface area contributed by atoms with Crippen molar-refractivity contribution in [1.82, 2.24) is 4.98 Å². The fourth-order valence-electron chi connectivity index (χ4n) is 2.84. The number of ether oxygens (including phenoxy) is 2. The molecule has 0 aliphatic heterocycles. The van der Waals surface area contributed by atoms with Crippen LogP contribution in [0.15, 0.2) is 24.3 Å². The van der Waals surface area contributed by atoms with Crippen molar-refractivity contribution in [2.24, 2.45) is 0 Å². The van der Waals surface area contributed by atoms with Gasteiger partial charge in [-0.15, -0.1) is 0 Å². The Bertz CT molecular complexity index is 869. The van der Waals surface area contributed by atoms with Crippen LogP contribution in [0.3, 0.4) is 0 Å². The molecule has 7 heteroatoms. The van der Waals surface area contributed by atoms with Gasteiger partial charge in [0.25, 0.3) is 5.91 Å². The number of carbonyl (C=O) groups is 3. The number of amides is 1. The standard InChI is InChI=1S/C20H24N2O5/c1-6-26-16-10-8-7-9-15(16)22-19(24)14(5)27-20(25)18-11(2)17(13(4)23)12(3)21-18/h7-10,14,21H,6H2,1-5H3,(H,22,24)/t14-/m1/s1. The second-order valence-corrected chi connectivity index (χ2v) is 6.15. The fraction of sp³-hybridized carbons (Fsp3) is 0.350. The minimum absolute atomic E-state index is 0.140. The van der Waals surface area contributed by atoms with Crippen molar-refractivity contribution >= 4 is 23.3 Å². The summed E-state index contributed by atoms with van der Waals surface area (Å²) in [5, 5.41) is 2.70. The van der Waals surface area contributed by atoms with Crippen LogP contribution in [0.4, 0.5) is 5.69 Å². The van der Waals surface area contributed by atoms with Gasteiger partial charge in [-0.05, 0) is 52.3 Å². The average molecular weight is 372 g/mol. The summed E-state index contributed by atoms with van der Waals surface area (Å²) in [6.45, 7) is 8.60. The van der Waals surface area contributed by atoms with E-state index in [9.17, 15) is 14.4 Å². The Labute approximate surface area is 158 Å². The molecular formula is C20H24N2O5. The van der Waals surface area contributed by atoms with Gasteiger partial charge in [0.2, 0.25) is 0 Å². The number of aryl methyl sites for hydroxylation is 1. The summed E-state index contributed by atoms with van der Waals surface area (Å²) in [5.41, 5.74) is 2.24. The number of benzene rings is 1. The molecule has 7 nitrogen and oxygen atoms in total. The number of nitrogens with one attached hydrogen (secondary N) is 2. The Hall–Kier alpha value is -3.09. The number of aromatic amines is 1. The first kappa shape index (κ1) is 20.2. The molecule has 27 heavy (non-hydrogen) atoms. The average Bonchev–Trinajstić information content (AvgIpc) is 2.91. The van der Waals surface area contributed by atoms with E-state index in [0.29, 0.717) is 34.9 Å². The Morgan fingerprint density at radius 2 is 1.85 bits per heavy atom. The van der Waals surface area contributed by atoms with E-state index in [1.807, 2.05) is 6.92 Å². The Kier molecular flexibility index (Phi) is 6.39. The normalized spacial score (nSPS) is 11.6. The van der Waals surface area contributed by atoms with Crippen LogP contribution >= 0.6 is 0 Å². The third-order valence-corrected chi connectivity index (χ3v) is 4.09. The highest BCUT2D eigenvalue weighted by Gasteiger charge is 2.25. The summed E-state index contributed by atoms with van der Waals surface area (Å²) >= 11 is 0. The molecule has 1 aromatic carbocycles. The SMILES string of the molecule is CCOc1ccccc1NC(=O)[C@@H](C)OC(=O)c1[nH]c(C)c(C(C)=O)c1C. The molecule has 0 unspecified atom stereocenters. The van der Waals surface area contributed by atoms with Gasteiger partial charge in [0.1, 0.15) is 11.4 Å². The molecule has 2 aromatic rings. The van der Waals surface area contributed by atoms with Gasteiger partial charge in [-0.25, -0.2) is 4.79 Å². The molecule has 0 saturated carbocycles. The number of hydrogen-bond acceptors (Lipinski definition) is 5. The Balaban J connectivity index is 2.10. The van der Waals surface area contributed by atoms with E-state index in [4.69, 9.17) is 9.47 Å². The number of ketones is 1. The van der Waals surface area contributed by atoms with E-state index in [0.717, 1.165) is 0 Å². The number of para-hydroxylation sites is 2. The molecule has 0 spiro atoms. The Morgan fingerprint density at radius 3 is 2.44 bits per heavy atom. The first-order chi connectivity index (χ1) is 12.8. The second-order valence-electron chi connectivity index (χ2n) is 6.15. The van der Waals surface area contributed by atoms with Crippen molar-refractivity contribution in [3.05, 3.63) is 46.8 Å². The fourth-order valence-corrected chi connectivity index (χ4v) is 2.84. The summed E-state index contributed by atoms with van der Waals surface area (Å²) in [6, 6.07) is 7.01. The number of Topliss-reactive ketones (excluding diaryl/α,β-unsaturated/α-hetero) is 1. The molecule has 0 fully saturated rings. The maximum atomic E-state index is 12.4. The van der Waals surface area contributed by atoms with E-state index in [2.05, 4.69) is 10.3 Å². The number of esters is 1. The molecule has 0 aliphatic rings. The number of carbonyl (C=O) groups excluding carboxylic acids is 3. The number of anilines is 1. The van der Waals surface area contributed by atoms with Crippen molar-refractivity contribution in [3.63, 3.8) is 0 Å². The van der Waals surface area contributed by atoms with E-state index >= 15 is 0 Å². The first-order valence-corrected chi connectivity index (χ1v) is 8.70. The third-order valence-electron chi connectivity index (χ3n) is 4.09. The molecule has 0 aliphatic carbocycles. The number of hydrogen-bond donors (Lipinski definition) is 2. The van der Waals surface area contributed by atoms with E-state index < -0.39 is 18.0 Å². The number of H-pyrrole nitrogens is 1. The van der Waals surface area contributed by atoms with Crippen molar-refractivity contribution in [2.45, 2.75) is 40.7 Å². The van der Waals surface area contributed by atoms with E-state index in [-0.39, 0.29) is 11.5 Å². The molecule has 144 valence electrons. The minimum atomic E-state index is -1.03.